The molecule has 0 saturated carbocycles. The van der Waals surface area contributed by atoms with Crippen LogP contribution >= 0.6 is 0 Å². The minimum Gasteiger partial charge on any atom is -0.385 e. The number of carbonyl (C=O) groups excluding carboxylic acids is 1. The molecule has 0 aliphatic rings. The number of hydrogen-bond donors (Lipinski definition) is 2. The van der Waals surface area contributed by atoms with Crippen molar-refractivity contribution in [2.45, 2.75) is 25.8 Å². The highest BCUT2D eigenvalue weighted by Gasteiger charge is 2.04. The van der Waals surface area contributed by atoms with E-state index in [9.17, 15) is 4.79 Å². The molecule has 0 fully saturated rings. The van der Waals surface area contributed by atoms with Gasteiger partial charge in [-0.2, -0.15) is 5.10 Å². The summed E-state index contributed by atoms with van der Waals surface area (Å²) >= 11 is 0. The fourth-order valence-electron chi connectivity index (χ4n) is 1.39. The van der Waals surface area contributed by atoms with Crippen molar-refractivity contribution in [1.82, 2.24) is 9.78 Å². The Kier molecular flexibility index (Phi) is 6.27. The maximum atomic E-state index is 11.4. The molecule has 17 heavy (non-hydrogen) atoms. The molecule has 1 rings (SSSR count). The summed E-state index contributed by atoms with van der Waals surface area (Å²) in [5, 5.41) is 6.96. The summed E-state index contributed by atoms with van der Waals surface area (Å²) in [6.07, 6.45) is 3.88. The van der Waals surface area contributed by atoms with E-state index in [-0.39, 0.29) is 5.91 Å². The van der Waals surface area contributed by atoms with E-state index in [1.54, 1.807) is 17.9 Å². The zero-order chi connectivity index (χ0) is 12.5. The highest BCUT2D eigenvalue weighted by Crippen LogP contribution is 2.04. The number of hydrogen-bond acceptors (Lipinski definition) is 4. The first-order chi connectivity index (χ1) is 8.26. The summed E-state index contributed by atoms with van der Waals surface area (Å²) in [5.74, 6) is 0.544. The summed E-state index contributed by atoms with van der Waals surface area (Å²) in [7, 11) is 1.67. The lowest BCUT2D eigenvalue weighted by molar-refractivity contribution is -0.116. The Morgan fingerprint density at radius 1 is 1.59 bits per heavy atom. The smallest absolute Gasteiger partial charge is 0.225 e. The molecule has 0 saturated heterocycles. The van der Waals surface area contributed by atoms with Crippen molar-refractivity contribution in [3.8, 4) is 0 Å². The zero-order valence-electron chi connectivity index (χ0n) is 10.2. The monoisotopic (exact) mass is 240 g/mol. The highest BCUT2D eigenvalue weighted by molar-refractivity contribution is 5.89. The predicted octanol–water partition coefficient (Wildman–Crippen LogP) is 0.597. The van der Waals surface area contributed by atoms with E-state index in [1.807, 2.05) is 6.20 Å². The van der Waals surface area contributed by atoms with Crippen LogP contribution in [0.3, 0.4) is 0 Å². The molecule has 1 aromatic heterocycles. The van der Waals surface area contributed by atoms with Gasteiger partial charge in [0.1, 0.15) is 0 Å². The molecule has 1 aromatic rings. The quantitative estimate of drug-likeness (QED) is 0.652. The fourth-order valence-corrected chi connectivity index (χ4v) is 1.39. The molecule has 6 heteroatoms. The second kappa shape index (κ2) is 7.81. The number of anilines is 1. The third-order valence-corrected chi connectivity index (χ3v) is 2.25. The third-order valence-electron chi connectivity index (χ3n) is 2.25. The van der Waals surface area contributed by atoms with Crippen molar-refractivity contribution >= 4 is 11.7 Å². The van der Waals surface area contributed by atoms with Gasteiger partial charge in [-0.15, -0.1) is 0 Å². The lowest BCUT2D eigenvalue weighted by Crippen LogP contribution is -2.14. The van der Waals surface area contributed by atoms with Gasteiger partial charge in [0.2, 0.25) is 5.91 Å². The first-order valence-electron chi connectivity index (χ1n) is 5.78. The van der Waals surface area contributed by atoms with E-state index in [4.69, 9.17) is 10.5 Å². The van der Waals surface area contributed by atoms with Crippen molar-refractivity contribution in [1.29, 1.82) is 0 Å². The van der Waals surface area contributed by atoms with E-state index in [1.165, 1.54) is 0 Å². The lowest BCUT2D eigenvalue weighted by atomic mass is 10.3. The van der Waals surface area contributed by atoms with E-state index >= 15 is 0 Å². The number of amides is 1. The van der Waals surface area contributed by atoms with Crippen molar-refractivity contribution in [2.24, 2.45) is 5.73 Å². The fraction of sp³-hybridized carbons (Fsp3) is 0.636. The Morgan fingerprint density at radius 3 is 3.12 bits per heavy atom. The molecule has 0 radical (unpaired) electrons. The number of nitrogens with zero attached hydrogens (tertiary/aromatic N) is 2. The van der Waals surface area contributed by atoms with Crippen LogP contribution in [0.5, 0.6) is 0 Å². The van der Waals surface area contributed by atoms with Crippen LogP contribution in [0.25, 0.3) is 0 Å². The van der Waals surface area contributed by atoms with E-state index in [0.29, 0.717) is 31.8 Å². The van der Waals surface area contributed by atoms with Crippen molar-refractivity contribution in [3.05, 3.63) is 12.3 Å². The molecule has 96 valence electrons. The first-order valence-corrected chi connectivity index (χ1v) is 5.78. The SMILES string of the molecule is COCCCn1ccc(NC(=O)CCCN)n1. The van der Waals surface area contributed by atoms with Crippen LogP contribution in [0.4, 0.5) is 5.82 Å². The standard InChI is InChI=1S/C11H20N4O2/c1-17-9-3-7-15-8-5-10(14-15)13-11(16)4-2-6-12/h5,8H,2-4,6-7,9,12H2,1H3,(H,13,14,16). The number of aromatic nitrogens is 2. The Bertz CT molecular complexity index is 338. The molecule has 0 aliphatic carbocycles. The average Bonchev–Trinajstić information content (AvgIpc) is 2.74. The zero-order valence-corrected chi connectivity index (χ0v) is 10.2. The van der Waals surface area contributed by atoms with Crippen LogP contribution in [0, 0.1) is 0 Å². The molecule has 3 N–H and O–H groups in total. The van der Waals surface area contributed by atoms with Gasteiger partial charge in [0.15, 0.2) is 5.82 Å². The second-order valence-corrected chi connectivity index (χ2v) is 3.75. The average molecular weight is 240 g/mol. The Hall–Kier alpha value is -1.40. The molecular formula is C11H20N4O2. The number of methoxy groups -OCH3 is 1. The third kappa shape index (κ3) is 5.46. The molecule has 1 amide bonds. The molecule has 6 nitrogen and oxygen atoms in total. The van der Waals surface area contributed by atoms with Gasteiger partial charge in [0, 0.05) is 38.9 Å². The molecule has 0 spiro atoms. The summed E-state index contributed by atoms with van der Waals surface area (Å²) in [5.41, 5.74) is 5.33. The van der Waals surface area contributed by atoms with Crippen LogP contribution in [-0.2, 0) is 16.1 Å². The minimum atomic E-state index is -0.0439. The summed E-state index contributed by atoms with van der Waals surface area (Å²) in [4.78, 5) is 11.4. The number of aryl methyl sites for hydroxylation is 1. The number of rotatable bonds is 8. The normalized spacial score (nSPS) is 10.5. The van der Waals surface area contributed by atoms with Crippen LogP contribution < -0.4 is 11.1 Å². The number of carbonyl (C=O) groups is 1. The molecule has 0 aliphatic heterocycles. The largest absolute Gasteiger partial charge is 0.385 e. The Morgan fingerprint density at radius 2 is 2.41 bits per heavy atom. The van der Waals surface area contributed by atoms with Crippen LogP contribution in [-0.4, -0.2) is 35.9 Å². The Labute approximate surface area is 101 Å². The van der Waals surface area contributed by atoms with Gasteiger partial charge in [-0.05, 0) is 19.4 Å². The van der Waals surface area contributed by atoms with Crippen LogP contribution in [0.2, 0.25) is 0 Å². The summed E-state index contributed by atoms with van der Waals surface area (Å²) in [6, 6.07) is 1.78. The van der Waals surface area contributed by atoms with Crippen molar-refractivity contribution in [2.75, 3.05) is 25.6 Å². The number of ether oxygens (including phenoxy) is 1. The lowest BCUT2D eigenvalue weighted by Gasteiger charge is -2.02. The van der Waals surface area contributed by atoms with Gasteiger partial charge in [-0.25, -0.2) is 0 Å². The predicted molar refractivity (Wildman–Crippen MR) is 65.6 cm³/mol. The van der Waals surface area contributed by atoms with Gasteiger partial charge in [-0.1, -0.05) is 0 Å². The van der Waals surface area contributed by atoms with E-state index in [0.717, 1.165) is 13.0 Å². The molecule has 0 bridgehead atoms. The van der Waals surface area contributed by atoms with E-state index < -0.39 is 0 Å². The van der Waals surface area contributed by atoms with Gasteiger partial charge in [0.25, 0.3) is 0 Å². The molecule has 0 atom stereocenters. The maximum absolute atomic E-state index is 11.4. The summed E-state index contributed by atoms with van der Waals surface area (Å²) < 4.78 is 6.75. The van der Waals surface area contributed by atoms with Crippen LogP contribution in [0.1, 0.15) is 19.3 Å². The highest BCUT2D eigenvalue weighted by atomic mass is 16.5. The second-order valence-electron chi connectivity index (χ2n) is 3.75. The van der Waals surface area contributed by atoms with Crippen molar-refractivity contribution in [3.63, 3.8) is 0 Å². The van der Waals surface area contributed by atoms with Gasteiger partial charge >= 0.3 is 0 Å². The maximum Gasteiger partial charge on any atom is 0.225 e. The number of nitrogens with one attached hydrogen (secondary N) is 1. The van der Waals surface area contributed by atoms with Crippen molar-refractivity contribution < 1.29 is 9.53 Å². The molecule has 0 unspecified atom stereocenters. The van der Waals surface area contributed by atoms with Gasteiger partial charge in [0.05, 0.1) is 0 Å². The first kappa shape index (κ1) is 13.7. The molecule has 0 aromatic carbocycles. The summed E-state index contributed by atoms with van der Waals surface area (Å²) in [6.45, 7) is 2.02. The topological polar surface area (TPSA) is 82.2 Å². The van der Waals surface area contributed by atoms with Gasteiger partial charge < -0.3 is 15.8 Å². The van der Waals surface area contributed by atoms with E-state index in [2.05, 4.69) is 10.4 Å². The molecule has 1 heterocycles. The minimum absolute atomic E-state index is 0.0439. The Balaban J connectivity index is 2.32. The van der Waals surface area contributed by atoms with Gasteiger partial charge in [-0.3, -0.25) is 9.48 Å². The number of nitrogens with two attached hydrogens (primary N) is 1. The van der Waals surface area contributed by atoms with Crippen LogP contribution in [0.15, 0.2) is 12.3 Å². The molecular weight excluding hydrogens is 220 g/mol.